The molecule has 0 aliphatic carbocycles. The minimum atomic E-state index is -3.71. The van der Waals surface area contributed by atoms with Crippen LogP contribution in [0, 0.1) is 5.92 Å². The third-order valence-electron chi connectivity index (χ3n) is 2.99. The molecule has 3 N–H and O–H groups in total. The molecule has 0 spiro atoms. The van der Waals surface area contributed by atoms with Gasteiger partial charge >= 0.3 is 0 Å². The summed E-state index contributed by atoms with van der Waals surface area (Å²) in [5.74, 6) is -1.64. The van der Waals surface area contributed by atoms with Crippen LogP contribution in [0.5, 0.6) is 0 Å². The van der Waals surface area contributed by atoms with Crippen molar-refractivity contribution in [1.82, 2.24) is 4.72 Å². The molecule has 0 bridgehead atoms. The maximum atomic E-state index is 12.0. The maximum absolute atomic E-state index is 12.0. The summed E-state index contributed by atoms with van der Waals surface area (Å²) < 4.78 is 26.3. The number of benzene rings is 1. The second-order valence-corrected chi connectivity index (χ2v) is 6.64. The number of amides is 2. The first-order valence-corrected chi connectivity index (χ1v) is 8.18. The topological polar surface area (TPSA) is 104 Å². The third kappa shape index (κ3) is 3.34. The normalized spacial score (nSPS) is 18.5. The molecule has 0 fully saturated rings. The van der Waals surface area contributed by atoms with Crippen molar-refractivity contribution in [2.24, 2.45) is 5.92 Å². The molecule has 114 valence electrons. The number of carbonyl (C=O) groups excluding carboxylic acids is 2. The van der Waals surface area contributed by atoms with Gasteiger partial charge in [-0.05, 0) is 25.1 Å². The Labute approximate surface area is 127 Å². The highest BCUT2D eigenvalue weighted by atomic mass is 35.5. The van der Waals surface area contributed by atoms with E-state index in [1.165, 1.54) is 25.1 Å². The summed E-state index contributed by atoms with van der Waals surface area (Å²) in [6, 6.07) is 4.07. The Bertz CT molecular complexity index is 690. The highest BCUT2D eigenvalue weighted by Gasteiger charge is 2.27. The van der Waals surface area contributed by atoms with Gasteiger partial charge in [-0.3, -0.25) is 9.59 Å². The fourth-order valence-corrected chi connectivity index (χ4v) is 3.02. The van der Waals surface area contributed by atoms with E-state index in [9.17, 15) is 18.0 Å². The number of halogens is 1. The average molecular weight is 332 g/mol. The highest BCUT2D eigenvalue weighted by molar-refractivity contribution is 7.89. The molecule has 1 atom stereocenters. The van der Waals surface area contributed by atoms with Crippen LogP contribution in [0.4, 0.5) is 11.4 Å². The molecule has 1 heterocycles. The van der Waals surface area contributed by atoms with Crippen molar-refractivity contribution in [2.45, 2.75) is 11.8 Å². The number of anilines is 2. The van der Waals surface area contributed by atoms with E-state index in [0.717, 1.165) is 0 Å². The molecule has 0 saturated carbocycles. The lowest BCUT2D eigenvalue weighted by Gasteiger charge is -2.10. The molecule has 1 aromatic carbocycles. The Balaban J connectivity index is 2.38. The number of hydrogen-bond acceptors (Lipinski definition) is 4. The number of hydrogen-bond donors (Lipinski definition) is 3. The zero-order valence-corrected chi connectivity index (χ0v) is 12.7. The van der Waals surface area contributed by atoms with Crippen LogP contribution >= 0.6 is 11.6 Å². The maximum Gasteiger partial charge on any atom is 0.240 e. The van der Waals surface area contributed by atoms with Gasteiger partial charge in [0.2, 0.25) is 21.8 Å². The molecule has 0 saturated heterocycles. The van der Waals surface area contributed by atoms with Gasteiger partial charge in [0.1, 0.15) is 5.92 Å². The molecule has 1 aliphatic heterocycles. The predicted molar refractivity (Wildman–Crippen MR) is 78.8 cm³/mol. The predicted octanol–water partition coefficient (Wildman–Crippen LogP) is 0.730. The summed E-state index contributed by atoms with van der Waals surface area (Å²) in [6.07, 6.45) is 0. The quantitative estimate of drug-likeness (QED) is 0.559. The third-order valence-corrected chi connectivity index (χ3v) is 4.64. The van der Waals surface area contributed by atoms with Gasteiger partial charge in [0.15, 0.2) is 0 Å². The number of fused-ring (bicyclic) bond motifs is 1. The van der Waals surface area contributed by atoms with Gasteiger partial charge in [-0.1, -0.05) is 0 Å². The summed E-state index contributed by atoms with van der Waals surface area (Å²) in [6.45, 7) is 1.57. The molecular formula is C12H14ClN3O4S. The number of sulfonamides is 1. The van der Waals surface area contributed by atoms with Crippen molar-refractivity contribution < 1.29 is 18.0 Å². The van der Waals surface area contributed by atoms with E-state index in [4.69, 9.17) is 11.6 Å². The molecule has 21 heavy (non-hydrogen) atoms. The van der Waals surface area contributed by atoms with Crippen molar-refractivity contribution >= 4 is 44.8 Å². The second-order valence-electron chi connectivity index (χ2n) is 4.49. The smallest absolute Gasteiger partial charge is 0.240 e. The van der Waals surface area contributed by atoms with Crippen LogP contribution in [0.25, 0.3) is 0 Å². The van der Waals surface area contributed by atoms with Gasteiger partial charge < -0.3 is 10.6 Å². The average Bonchev–Trinajstić information content (AvgIpc) is 2.55. The minimum absolute atomic E-state index is 0.0181. The lowest BCUT2D eigenvalue weighted by Crippen LogP contribution is -2.28. The molecule has 0 unspecified atom stereocenters. The SMILES string of the molecule is C[C@@H]1C(=O)Nc2ccc(S(=O)(=O)NCCCl)cc2NC1=O. The van der Waals surface area contributed by atoms with Gasteiger partial charge in [-0.15, -0.1) is 11.6 Å². The standard InChI is InChI=1S/C12H14ClN3O4S/c1-7-11(17)15-9-3-2-8(6-10(9)16-12(7)18)21(19,20)14-5-4-13/h2-3,6-7,14H,4-5H2,1H3,(H,15,17)(H,16,18)/t7-/m1/s1. The van der Waals surface area contributed by atoms with Crippen LogP contribution in [-0.2, 0) is 19.6 Å². The largest absolute Gasteiger partial charge is 0.324 e. The minimum Gasteiger partial charge on any atom is -0.324 e. The summed E-state index contributed by atoms with van der Waals surface area (Å²) in [7, 11) is -3.71. The van der Waals surface area contributed by atoms with E-state index in [0.29, 0.717) is 5.69 Å². The zero-order chi connectivity index (χ0) is 15.6. The van der Waals surface area contributed by atoms with E-state index in [-0.39, 0.29) is 23.0 Å². The number of carbonyl (C=O) groups is 2. The van der Waals surface area contributed by atoms with Gasteiger partial charge in [0.25, 0.3) is 0 Å². The van der Waals surface area contributed by atoms with Crippen LogP contribution in [0.3, 0.4) is 0 Å². The van der Waals surface area contributed by atoms with E-state index in [1.54, 1.807) is 0 Å². The van der Waals surface area contributed by atoms with Crippen LogP contribution < -0.4 is 15.4 Å². The van der Waals surface area contributed by atoms with E-state index < -0.39 is 27.8 Å². The lowest BCUT2D eigenvalue weighted by atomic mass is 10.1. The highest BCUT2D eigenvalue weighted by Crippen LogP contribution is 2.28. The monoisotopic (exact) mass is 331 g/mol. The number of nitrogens with one attached hydrogen (secondary N) is 3. The number of rotatable bonds is 4. The van der Waals surface area contributed by atoms with Gasteiger partial charge in [0, 0.05) is 12.4 Å². The second kappa shape index (κ2) is 6.00. The van der Waals surface area contributed by atoms with Crippen molar-refractivity contribution in [3.8, 4) is 0 Å². The number of alkyl halides is 1. The molecule has 2 amide bonds. The Morgan fingerprint density at radius 2 is 1.81 bits per heavy atom. The summed E-state index contributed by atoms with van der Waals surface area (Å²) in [4.78, 5) is 23.4. The molecule has 0 radical (unpaired) electrons. The van der Waals surface area contributed by atoms with Crippen LogP contribution in [0.2, 0.25) is 0 Å². The Kier molecular flexibility index (Phi) is 4.50. The van der Waals surface area contributed by atoms with E-state index >= 15 is 0 Å². The first kappa shape index (κ1) is 15.7. The Morgan fingerprint density at radius 3 is 2.43 bits per heavy atom. The van der Waals surface area contributed by atoms with Crippen LogP contribution in [-0.4, -0.2) is 32.7 Å². The fraction of sp³-hybridized carbons (Fsp3) is 0.333. The summed E-state index contributed by atoms with van der Waals surface area (Å²) in [5, 5.41) is 5.10. The zero-order valence-electron chi connectivity index (χ0n) is 11.1. The first-order valence-electron chi connectivity index (χ1n) is 6.16. The summed E-state index contributed by atoms with van der Waals surface area (Å²) >= 11 is 5.45. The summed E-state index contributed by atoms with van der Waals surface area (Å²) in [5.41, 5.74) is 0.598. The van der Waals surface area contributed by atoms with Crippen LogP contribution in [0.1, 0.15) is 6.92 Å². The molecule has 1 aliphatic rings. The molecule has 2 rings (SSSR count). The Hall–Kier alpha value is -1.64. The van der Waals surface area contributed by atoms with Crippen LogP contribution in [0.15, 0.2) is 23.1 Å². The van der Waals surface area contributed by atoms with Crippen molar-refractivity contribution in [2.75, 3.05) is 23.1 Å². The molecule has 7 nitrogen and oxygen atoms in total. The molecule has 9 heteroatoms. The Morgan fingerprint density at radius 1 is 1.19 bits per heavy atom. The lowest BCUT2D eigenvalue weighted by molar-refractivity contribution is -0.128. The molecular weight excluding hydrogens is 318 g/mol. The van der Waals surface area contributed by atoms with Crippen molar-refractivity contribution in [3.63, 3.8) is 0 Å². The first-order chi connectivity index (χ1) is 9.85. The van der Waals surface area contributed by atoms with E-state index in [2.05, 4.69) is 15.4 Å². The molecule has 1 aromatic rings. The van der Waals surface area contributed by atoms with E-state index in [1.807, 2.05) is 0 Å². The van der Waals surface area contributed by atoms with Gasteiger partial charge in [-0.2, -0.15) is 0 Å². The fourth-order valence-electron chi connectivity index (χ4n) is 1.76. The van der Waals surface area contributed by atoms with Crippen molar-refractivity contribution in [3.05, 3.63) is 18.2 Å². The van der Waals surface area contributed by atoms with Gasteiger partial charge in [-0.25, -0.2) is 13.1 Å². The van der Waals surface area contributed by atoms with Gasteiger partial charge in [0.05, 0.1) is 16.3 Å². The molecule has 0 aromatic heterocycles. The van der Waals surface area contributed by atoms with Crippen molar-refractivity contribution in [1.29, 1.82) is 0 Å².